The van der Waals surface area contributed by atoms with Gasteiger partial charge in [-0.1, -0.05) is 42.6 Å². The molecule has 1 aliphatic carbocycles. The van der Waals surface area contributed by atoms with Crippen LogP contribution in [0.3, 0.4) is 0 Å². The summed E-state index contributed by atoms with van der Waals surface area (Å²) in [4.78, 5) is 29.8. The lowest BCUT2D eigenvalue weighted by atomic mass is 9.73. The van der Waals surface area contributed by atoms with Gasteiger partial charge >= 0.3 is 0 Å². The molecule has 2 aromatic rings. The number of hydrogen-bond donors (Lipinski definition) is 1. The highest BCUT2D eigenvalue weighted by molar-refractivity contribution is 8.03. The van der Waals surface area contributed by atoms with E-state index in [1.165, 1.54) is 18.2 Å². The Labute approximate surface area is 233 Å². The number of ether oxygens (including phenoxy) is 1. The van der Waals surface area contributed by atoms with E-state index in [1.54, 1.807) is 17.1 Å². The highest BCUT2D eigenvalue weighted by atomic mass is 35.5. The van der Waals surface area contributed by atoms with E-state index in [4.69, 9.17) is 27.1 Å². The molecule has 0 unspecified atom stereocenters. The summed E-state index contributed by atoms with van der Waals surface area (Å²) in [5, 5.41) is 1.46. The number of thioether (sulfide) groups is 1. The van der Waals surface area contributed by atoms with Crippen LogP contribution in [0.15, 0.2) is 49.4 Å². The van der Waals surface area contributed by atoms with Crippen molar-refractivity contribution in [2.45, 2.75) is 81.9 Å². The van der Waals surface area contributed by atoms with E-state index in [0.717, 1.165) is 69.0 Å². The first-order chi connectivity index (χ1) is 18.3. The largest absolute Gasteiger partial charge is 0.376 e. The minimum absolute atomic E-state index is 0.0764. The Kier molecular flexibility index (Phi) is 8.28. The standard InChI is InChI=1S/C28H37ClN6O2S/c1-18-26(30)28(16-37-18)11-13-34(14-12-28)19(2)32-15-23(31-3)38-22-10-9-21-24(25(22)29)27(36)35(17-33-21)20-7-5-4-6-8-20/h9-10,15,17-18,20,26H,3-8,11-14,16,30H2,1-2H3/b23-15+,32-19+/t18-,26+/m0/s1. The molecule has 2 atom stereocenters. The molecule has 2 N–H and O–H groups in total. The van der Waals surface area contributed by atoms with Crippen LogP contribution in [0.2, 0.25) is 5.02 Å². The van der Waals surface area contributed by atoms with Gasteiger partial charge < -0.3 is 15.4 Å². The highest BCUT2D eigenvalue weighted by Gasteiger charge is 2.47. The molecule has 3 fully saturated rings. The molecule has 5 rings (SSSR count). The second kappa shape index (κ2) is 11.5. The molecule has 2 aliphatic heterocycles. The summed E-state index contributed by atoms with van der Waals surface area (Å²) < 4.78 is 7.61. The first-order valence-corrected chi connectivity index (χ1v) is 14.7. The maximum Gasteiger partial charge on any atom is 0.262 e. The van der Waals surface area contributed by atoms with Crippen molar-refractivity contribution in [2.75, 3.05) is 19.7 Å². The van der Waals surface area contributed by atoms with Crippen molar-refractivity contribution in [2.24, 2.45) is 21.1 Å². The first-order valence-electron chi connectivity index (χ1n) is 13.5. The van der Waals surface area contributed by atoms with Crippen LogP contribution in [0.1, 0.15) is 64.8 Å². The Morgan fingerprint density at radius 1 is 1.29 bits per heavy atom. The predicted molar refractivity (Wildman–Crippen MR) is 156 cm³/mol. The van der Waals surface area contributed by atoms with Crippen LogP contribution < -0.4 is 11.3 Å². The number of nitrogens with zero attached hydrogens (tertiary/aromatic N) is 5. The van der Waals surface area contributed by atoms with Gasteiger partial charge in [-0.25, -0.2) is 9.98 Å². The van der Waals surface area contributed by atoms with Crippen LogP contribution in [-0.4, -0.2) is 58.8 Å². The number of aliphatic imine (C=N–C) groups is 2. The number of aromatic nitrogens is 2. The minimum Gasteiger partial charge on any atom is -0.376 e. The fraction of sp³-hybridized carbons (Fsp3) is 0.571. The van der Waals surface area contributed by atoms with Crippen LogP contribution in [0, 0.1) is 5.41 Å². The van der Waals surface area contributed by atoms with Gasteiger partial charge in [0.05, 0.1) is 41.2 Å². The predicted octanol–water partition coefficient (Wildman–Crippen LogP) is 5.39. The fourth-order valence-electron chi connectivity index (χ4n) is 6.05. The molecule has 1 aromatic heterocycles. The van der Waals surface area contributed by atoms with Crippen LogP contribution >= 0.6 is 23.4 Å². The van der Waals surface area contributed by atoms with E-state index < -0.39 is 0 Å². The number of likely N-dealkylation sites (tertiary alicyclic amines) is 1. The highest BCUT2D eigenvalue weighted by Crippen LogP contribution is 2.41. The van der Waals surface area contributed by atoms with Crippen molar-refractivity contribution in [3.63, 3.8) is 0 Å². The molecule has 3 heterocycles. The zero-order chi connectivity index (χ0) is 26.9. The number of amidine groups is 1. The molecular weight excluding hydrogens is 520 g/mol. The summed E-state index contributed by atoms with van der Waals surface area (Å²) in [6.07, 6.45) is 11.0. The van der Waals surface area contributed by atoms with Gasteiger partial charge in [-0.3, -0.25) is 14.4 Å². The van der Waals surface area contributed by atoms with E-state index >= 15 is 0 Å². The Balaban J connectivity index is 1.32. The van der Waals surface area contributed by atoms with Gasteiger partial charge in [0.1, 0.15) is 10.9 Å². The fourth-order valence-corrected chi connectivity index (χ4v) is 7.13. The van der Waals surface area contributed by atoms with E-state index in [0.29, 0.717) is 21.0 Å². The number of piperidine rings is 1. The van der Waals surface area contributed by atoms with Crippen LogP contribution in [0.4, 0.5) is 0 Å². The monoisotopic (exact) mass is 556 g/mol. The van der Waals surface area contributed by atoms with Crippen molar-refractivity contribution in [3.8, 4) is 0 Å². The van der Waals surface area contributed by atoms with Gasteiger partial charge in [-0.05, 0) is 58.4 Å². The maximum absolute atomic E-state index is 13.4. The summed E-state index contributed by atoms with van der Waals surface area (Å²) >= 11 is 8.15. The third kappa shape index (κ3) is 5.30. The number of nitrogens with two attached hydrogens (primary N) is 1. The summed E-state index contributed by atoms with van der Waals surface area (Å²) in [5.41, 5.74) is 7.06. The molecule has 3 aliphatic rings. The second-order valence-electron chi connectivity index (χ2n) is 10.8. The topological polar surface area (TPSA) is 98.1 Å². The average Bonchev–Trinajstić information content (AvgIpc) is 3.21. The molecular formula is C28H37ClN6O2S. The van der Waals surface area contributed by atoms with Crippen molar-refractivity contribution in [3.05, 3.63) is 45.1 Å². The number of rotatable bonds is 5. The quantitative estimate of drug-likeness (QED) is 0.301. The zero-order valence-corrected chi connectivity index (χ0v) is 23.8. The Hall–Kier alpha value is -2.20. The molecule has 1 saturated carbocycles. The lowest BCUT2D eigenvalue weighted by molar-refractivity contribution is 0.0838. The normalized spacial score (nSPS) is 24.9. The van der Waals surface area contributed by atoms with Gasteiger partial charge in [0.15, 0.2) is 0 Å². The maximum atomic E-state index is 13.4. The van der Waals surface area contributed by atoms with Gasteiger partial charge in [0, 0.05) is 35.5 Å². The number of fused-ring (bicyclic) bond motifs is 1. The van der Waals surface area contributed by atoms with Crippen molar-refractivity contribution in [1.82, 2.24) is 14.5 Å². The summed E-state index contributed by atoms with van der Waals surface area (Å²) in [6.45, 7) is 10.3. The Bertz CT molecular complexity index is 1310. The first kappa shape index (κ1) is 27.4. The molecule has 204 valence electrons. The summed E-state index contributed by atoms with van der Waals surface area (Å²) in [5.74, 6) is 0.923. The molecule has 1 aromatic carbocycles. The molecule has 10 heteroatoms. The molecule has 38 heavy (non-hydrogen) atoms. The Morgan fingerprint density at radius 3 is 2.68 bits per heavy atom. The van der Waals surface area contributed by atoms with Crippen LogP contribution in [0.5, 0.6) is 0 Å². The van der Waals surface area contributed by atoms with E-state index in [2.05, 4.69) is 28.5 Å². The number of benzene rings is 1. The molecule has 0 bridgehead atoms. The van der Waals surface area contributed by atoms with Crippen LogP contribution in [-0.2, 0) is 4.74 Å². The van der Waals surface area contributed by atoms with E-state index in [9.17, 15) is 4.79 Å². The molecule has 0 amide bonds. The molecule has 2 saturated heterocycles. The molecule has 0 radical (unpaired) electrons. The van der Waals surface area contributed by atoms with Gasteiger partial charge in [0.2, 0.25) is 0 Å². The third-order valence-electron chi connectivity index (χ3n) is 8.62. The minimum atomic E-state index is -0.0787. The lowest BCUT2D eigenvalue weighted by Crippen LogP contribution is -2.51. The van der Waals surface area contributed by atoms with Gasteiger partial charge in [0.25, 0.3) is 5.56 Å². The summed E-state index contributed by atoms with van der Waals surface area (Å²) in [7, 11) is 0. The Morgan fingerprint density at radius 2 is 2.03 bits per heavy atom. The average molecular weight is 557 g/mol. The zero-order valence-electron chi connectivity index (χ0n) is 22.2. The van der Waals surface area contributed by atoms with Crippen LogP contribution in [0.25, 0.3) is 10.9 Å². The third-order valence-corrected chi connectivity index (χ3v) is 10.1. The van der Waals surface area contributed by atoms with Gasteiger partial charge in [-0.2, -0.15) is 0 Å². The van der Waals surface area contributed by atoms with E-state index in [-0.39, 0.29) is 29.2 Å². The molecule has 1 spiro atoms. The summed E-state index contributed by atoms with van der Waals surface area (Å²) in [6, 6.07) is 3.99. The molecule has 8 nitrogen and oxygen atoms in total. The van der Waals surface area contributed by atoms with Crippen molar-refractivity contribution < 1.29 is 4.74 Å². The van der Waals surface area contributed by atoms with Crippen molar-refractivity contribution in [1.29, 1.82) is 0 Å². The van der Waals surface area contributed by atoms with E-state index in [1.807, 2.05) is 19.1 Å². The smallest absolute Gasteiger partial charge is 0.262 e. The number of hydrogen-bond acceptors (Lipinski definition) is 7. The lowest BCUT2D eigenvalue weighted by Gasteiger charge is -2.41. The van der Waals surface area contributed by atoms with Gasteiger partial charge in [-0.15, -0.1) is 0 Å². The second-order valence-corrected chi connectivity index (χ2v) is 12.3. The SMILES string of the molecule is C=N/C(=C\N=C(/C)N1CCC2(CC1)CO[C@@H](C)[C@H]2N)Sc1ccc2ncn(C3CCCCC3)c(=O)c2c1Cl. The van der Waals surface area contributed by atoms with Crippen molar-refractivity contribution >= 4 is 46.8 Å². The number of halogens is 1.